The number of hydrogen-bond acceptors (Lipinski definition) is 6. The second-order valence-electron chi connectivity index (χ2n) is 10.9. The molecule has 0 aliphatic carbocycles. The molecule has 0 radical (unpaired) electrons. The summed E-state index contributed by atoms with van der Waals surface area (Å²) in [5.74, 6) is -3.32. The number of aromatic amines is 1. The fourth-order valence-corrected chi connectivity index (χ4v) is 4.42. The minimum Gasteiger partial charge on any atom is -0.480 e. The van der Waals surface area contributed by atoms with Gasteiger partial charge in [-0.05, 0) is 49.1 Å². The number of guanidine groups is 1. The van der Waals surface area contributed by atoms with Crippen LogP contribution in [-0.4, -0.2) is 70.5 Å². The third-order valence-electron chi connectivity index (χ3n) is 6.60. The molecular weight excluding hydrogens is 528 g/mol. The lowest BCUT2D eigenvalue weighted by Gasteiger charge is -2.27. The van der Waals surface area contributed by atoms with Gasteiger partial charge >= 0.3 is 5.97 Å². The highest BCUT2D eigenvalue weighted by Gasteiger charge is 2.32. The Hall–Kier alpha value is -4.13. The first-order valence-electron chi connectivity index (χ1n) is 13.8. The Bertz CT molecular complexity index is 1220. The summed E-state index contributed by atoms with van der Waals surface area (Å²) in [6, 6.07) is 3.60. The molecule has 2 aromatic rings. The van der Waals surface area contributed by atoms with Crippen LogP contribution in [0.15, 0.2) is 35.5 Å². The van der Waals surface area contributed by atoms with Crippen molar-refractivity contribution in [2.24, 2.45) is 34.0 Å². The van der Waals surface area contributed by atoms with Gasteiger partial charge in [0.05, 0.1) is 6.04 Å². The molecule has 2 rings (SSSR count). The zero-order chi connectivity index (χ0) is 30.7. The quantitative estimate of drug-likeness (QED) is 0.0791. The molecule has 1 heterocycles. The predicted octanol–water partition coefficient (Wildman–Crippen LogP) is 0.332. The zero-order valence-electron chi connectivity index (χ0n) is 24.1. The van der Waals surface area contributed by atoms with Gasteiger partial charge in [-0.2, -0.15) is 0 Å². The molecule has 11 N–H and O–H groups in total. The molecule has 13 nitrogen and oxygen atoms in total. The van der Waals surface area contributed by atoms with E-state index < -0.39 is 47.9 Å². The number of aromatic nitrogens is 1. The van der Waals surface area contributed by atoms with Crippen LogP contribution in [0.4, 0.5) is 0 Å². The summed E-state index contributed by atoms with van der Waals surface area (Å²) in [6.45, 7) is 7.50. The zero-order valence-corrected chi connectivity index (χ0v) is 24.1. The molecule has 1 aromatic carbocycles. The van der Waals surface area contributed by atoms with Crippen LogP contribution in [0.5, 0.6) is 0 Å². The molecule has 0 bridgehead atoms. The molecule has 0 saturated heterocycles. The number of carbonyl (C=O) groups excluding carboxylic acids is 3. The summed E-state index contributed by atoms with van der Waals surface area (Å²) in [5, 5.41) is 18.5. The van der Waals surface area contributed by atoms with Gasteiger partial charge in [-0.15, -0.1) is 0 Å². The summed E-state index contributed by atoms with van der Waals surface area (Å²) < 4.78 is 0. The Labute approximate surface area is 240 Å². The number of para-hydroxylation sites is 1. The molecule has 1 aromatic heterocycles. The van der Waals surface area contributed by atoms with Crippen LogP contribution >= 0.6 is 0 Å². The number of carboxylic acids is 1. The molecule has 0 fully saturated rings. The molecular formula is C28H44N8O5. The first kappa shape index (κ1) is 33.1. The SMILES string of the molecule is CC(C)CC(NC(=O)C(NC(=O)C(N)Cc1c[nH]c2ccccc12)C(C)C)C(=O)NC(CCCN=C(N)N)C(=O)O. The Morgan fingerprint density at radius 2 is 1.61 bits per heavy atom. The van der Waals surface area contributed by atoms with Crippen molar-refractivity contribution in [3.05, 3.63) is 36.0 Å². The van der Waals surface area contributed by atoms with Crippen LogP contribution in [-0.2, 0) is 25.6 Å². The number of amides is 3. The summed E-state index contributed by atoms with van der Waals surface area (Å²) in [4.78, 5) is 58.2. The Morgan fingerprint density at radius 1 is 0.951 bits per heavy atom. The van der Waals surface area contributed by atoms with E-state index in [-0.39, 0.29) is 43.6 Å². The van der Waals surface area contributed by atoms with Gasteiger partial charge in [0.15, 0.2) is 5.96 Å². The first-order chi connectivity index (χ1) is 19.3. The van der Waals surface area contributed by atoms with Gasteiger partial charge in [0.1, 0.15) is 18.1 Å². The van der Waals surface area contributed by atoms with Crippen molar-refractivity contribution >= 4 is 40.6 Å². The lowest BCUT2D eigenvalue weighted by atomic mass is 9.98. The second kappa shape index (κ2) is 15.6. The number of aliphatic carboxylic acids is 1. The maximum absolute atomic E-state index is 13.3. The number of H-pyrrole nitrogens is 1. The van der Waals surface area contributed by atoms with Gasteiger partial charge in [0.2, 0.25) is 17.7 Å². The molecule has 0 aliphatic rings. The van der Waals surface area contributed by atoms with Crippen molar-refractivity contribution in [2.75, 3.05) is 6.54 Å². The van der Waals surface area contributed by atoms with Gasteiger partial charge in [-0.3, -0.25) is 19.4 Å². The van der Waals surface area contributed by atoms with Crippen molar-refractivity contribution in [1.29, 1.82) is 0 Å². The smallest absolute Gasteiger partial charge is 0.326 e. The normalized spacial score (nSPS) is 14.2. The summed E-state index contributed by atoms with van der Waals surface area (Å²) in [6.07, 6.45) is 2.76. The van der Waals surface area contributed by atoms with Crippen LogP contribution < -0.4 is 33.2 Å². The van der Waals surface area contributed by atoms with Gasteiger partial charge < -0.3 is 43.2 Å². The van der Waals surface area contributed by atoms with Crippen molar-refractivity contribution in [1.82, 2.24) is 20.9 Å². The van der Waals surface area contributed by atoms with Crippen LogP contribution in [0.2, 0.25) is 0 Å². The Balaban J connectivity index is 2.07. The number of nitrogens with zero attached hydrogens (tertiary/aromatic N) is 1. The second-order valence-corrected chi connectivity index (χ2v) is 10.9. The number of rotatable bonds is 16. The maximum Gasteiger partial charge on any atom is 0.326 e. The molecule has 0 aliphatic heterocycles. The van der Waals surface area contributed by atoms with E-state index in [0.29, 0.717) is 6.42 Å². The van der Waals surface area contributed by atoms with Crippen LogP contribution in [0.3, 0.4) is 0 Å². The van der Waals surface area contributed by atoms with Crippen molar-refractivity contribution in [3.63, 3.8) is 0 Å². The Morgan fingerprint density at radius 3 is 2.22 bits per heavy atom. The van der Waals surface area contributed by atoms with E-state index in [1.165, 1.54) is 0 Å². The van der Waals surface area contributed by atoms with E-state index in [4.69, 9.17) is 17.2 Å². The van der Waals surface area contributed by atoms with Crippen molar-refractivity contribution in [3.8, 4) is 0 Å². The molecule has 3 amide bonds. The van der Waals surface area contributed by atoms with E-state index in [9.17, 15) is 24.3 Å². The topological polar surface area (TPSA) is 231 Å². The molecule has 4 unspecified atom stereocenters. The molecule has 41 heavy (non-hydrogen) atoms. The van der Waals surface area contributed by atoms with E-state index in [0.717, 1.165) is 16.5 Å². The highest BCUT2D eigenvalue weighted by molar-refractivity contribution is 5.94. The molecule has 0 spiro atoms. The average Bonchev–Trinajstić information content (AvgIpc) is 3.30. The lowest BCUT2D eigenvalue weighted by molar-refractivity contribution is -0.142. The predicted molar refractivity (Wildman–Crippen MR) is 158 cm³/mol. The van der Waals surface area contributed by atoms with Crippen LogP contribution in [0.25, 0.3) is 10.9 Å². The van der Waals surface area contributed by atoms with E-state index in [2.05, 4.69) is 25.9 Å². The number of carboxylic acid groups (broad SMARTS) is 1. The number of benzene rings is 1. The van der Waals surface area contributed by atoms with Gasteiger partial charge in [-0.1, -0.05) is 45.9 Å². The molecule has 13 heteroatoms. The molecule has 0 saturated carbocycles. The van der Waals surface area contributed by atoms with E-state index >= 15 is 0 Å². The number of carbonyl (C=O) groups is 4. The Kier molecular flexibility index (Phi) is 12.6. The number of nitrogens with one attached hydrogen (secondary N) is 4. The monoisotopic (exact) mass is 572 g/mol. The maximum atomic E-state index is 13.3. The fraction of sp³-hybridized carbons (Fsp3) is 0.536. The highest BCUT2D eigenvalue weighted by Crippen LogP contribution is 2.19. The number of fused-ring (bicyclic) bond motifs is 1. The minimum absolute atomic E-state index is 0.00730. The van der Waals surface area contributed by atoms with Gasteiger partial charge in [0.25, 0.3) is 0 Å². The molecule has 4 atom stereocenters. The fourth-order valence-electron chi connectivity index (χ4n) is 4.42. The summed E-state index contributed by atoms with van der Waals surface area (Å²) >= 11 is 0. The number of aliphatic imine (C=N–C) groups is 1. The first-order valence-corrected chi connectivity index (χ1v) is 13.8. The number of hydrogen-bond donors (Lipinski definition) is 8. The third-order valence-corrected chi connectivity index (χ3v) is 6.60. The number of nitrogens with two attached hydrogens (primary N) is 3. The average molecular weight is 573 g/mol. The van der Waals surface area contributed by atoms with E-state index in [1.54, 1.807) is 13.8 Å². The molecule has 226 valence electrons. The lowest BCUT2D eigenvalue weighted by Crippen LogP contribution is -2.58. The standard InChI is InChI=1S/C28H44N8O5/c1-15(2)12-22(25(38)34-21(27(40)41)10-7-11-32-28(30)31)35-26(39)23(16(3)4)36-24(37)19(29)13-17-14-33-20-9-6-5-8-18(17)20/h5-6,8-9,14-16,19,21-23,33H,7,10-13,29H2,1-4H3,(H,34,38)(H,35,39)(H,36,37)(H,40,41)(H4,30,31,32). The third kappa shape index (κ3) is 10.4. The van der Waals surface area contributed by atoms with Gasteiger partial charge in [-0.25, -0.2) is 4.79 Å². The van der Waals surface area contributed by atoms with Gasteiger partial charge in [0, 0.05) is 23.6 Å². The highest BCUT2D eigenvalue weighted by atomic mass is 16.4. The van der Waals surface area contributed by atoms with Crippen molar-refractivity contribution in [2.45, 2.75) is 77.5 Å². The summed E-state index contributed by atoms with van der Waals surface area (Å²) in [5.41, 5.74) is 18.6. The minimum atomic E-state index is -1.21. The van der Waals surface area contributed by atoms with Crippen molar-refractivity contribution < 1.29 is 24.3 Å². The van der Waals surface area contributed by atoms with E-state index in [1.807, 2.05) is 44.3 Å². The van der Waals surface area contributed by atoms with Crippen LogP contribution in [0.1, 0.15) is 52.5 Å². The largest absolute Gasteiger partial charge is 0.480 e. The van der Waals surface area contributed by atoms with Crippen LogP contribution in [0, 0.1) is 11.8 Å². The summed E-state index contributed by atoms with van der Waals surface area (Å²) in [7, 11) is 0.